The molecule has 296 valence electrons. The summed E-state index contributed by atoms with van der Waals surface area (Å²) in [5, 5.41) is 0. The van der Waals surface area contributed by atoms with E-state index in [0.29, 0.717) is 63.7 Å². The number of rotatable bonds is 14. The highest BCUT2D eigenvalue weighted by Gasteiger charge is 2.11. The van der Waals surface area contributed by atoms with Gasteiger partial charge in [0.2, 0.25) is 0 Å². The van der Waals surface area contributed by atoms with Crippen molar-refractivity contribution >= 4 is 23.9 Å². The predicted octanol–water partition coefficient (Wildman–Crippen LogP) is 11.0. The van der Waals surface area contributed by atoms with Gasteiger partial charge in [-0.2, -0.15) is 0 Å². The van der Waals surface area contributed by atoms with Crippen LogP contribution in [-0.2, 0) is 30.3 Å². The number of aryl methyl sites for hydroxylation is 1. The third-order valence-corrected chi connectivity index (χ3v) is 8.33. The van der Waals surface area contributed by atoms with Crippen molar-refractivity contribution in [1.82, 2.24) is 0 Å². The van der Waals surface area contributed by atoms with Crippen LogP contribution in [0.25, 0.3) is 33.4 Å². The van der Waals surface area contributed by atoms with E-state index in [0.717, 1.165) is 34.2 Å². The number of ether oxygens (including phenoxy) is 4. The molecule has 0 heterocycles. The van der Waals surface area contributed by atoms with E-state index in [-0.39, 0.29) is 11.8 Å². The largest absolute Gasteiger partial charge is 0.462 e. The van der Waals surface area contributed by atoms with Gasteiger partial charge >= 0.3 is 23.9 Å². The van der Waals surface area contributed by atoms with Crippen molar-refractivity contribution in [3.8, 4) is 50.6 Å². The minimum Gasteiger partial charge on any atom is -0.462 e. The molecule has 0 saturated heterocycles. The molecular weight excluding hydrogens is 736 g/mol. The summed E-state index contributed by atoms with van der Waals surface area (Å²) in [6.07, 6.45) is 1.49. The molecule has 0 radical (unpaired) electrons. The Hall–Kier alpha value is -7.13. The van der Waals surface area contributed by atoms with E-state index >= 15 is 0 Å². The van der Waals surface area contributed by atoms with Gasteiger partial charge in [0.05, 0.1) is 6.61 Å². The van der Waals surface area contributed by atoms with Crippen LogP contribution in [0.2, 0.25) is 0 Å². The molecule has 5 aromatic carbocycles. The summed E-state index contributed by atoms with van der Waals surface area (Å²) in [6, 6.07) is 33.9. The molecule has 58 heavy (non-hydrogen) atoms. The molecule has 0 N–H and O–H groups in total. The standard InChI is InChI=1S/C29H27FO4.C20H18O4/c1-19(2)28(31)33-17-5-6-21-7-9-22(10-8-21)24-13-16-26(27(30)18-24)23-11-14-25(15-12-23)34-29(32)20(3)4;1-13(2)19(21)23-17-9-5-15(6-10-17)16-7-11-18(12-8-16)24-20(22)14(3)4/h7-16,18H,1,3,5-6,17H2,2,4H3;5-12H,1,3H2,2,4H3. The molecule has 8 nitrogen and oxygen atoms in total. The lowest BCUT2D eigenvalue weighted by Crippen LogP contribution is -2.08. The lowest BCUT2D eigenvalue weighted by molar-refractivity contribution is -0.139. The van der Waals surface area contributed by atoms with Gasteiger partial charge < -0.3 is 18.9 Å². The van der Waals surface area contributed by atoms with E-state index < -0.39 is 17.9 Å². The molecule has 5 rings (SSSR count). The Bertz CT molecular complexity index is 2250. The van der Waals surface area contributed by atoms with Crippen LogP contribution in [0.3, 0.4) is 0 Å². The molecule has 0 spiro atoms. The fourth-order valence-corrected chi connectivity index (χ4v) is 5.07. The molecule has 5 aromatic rings. The Kier molecular flexibility index (Phi) is 15.6. The maximum atomic E-state index is 14.9. The van der Waals surface area contributed by atoms with E-state index in [1.165, 1.54) is 6.07 Å². The molecule has 0 aliphatic carbocycles. The number of esters is 4. The van der Waals surface area contributed by atoms with E-state index in [1.54, 1.807) is 82.3 Å². The zero-order valence-corrected chi connectivity index (χ0v) is 33.1. The average molecular weight is 781 g/mol. The second kappa shape index (κ2) is 20.7. The summed E-state index contributed by atoms with van der Waals surface area (Å²) in [7, 11) is 0. The first-order valence-corrected chi connectivity index (χ1v) is 18.3. The zero-order valence-electron chi connectivity index (χ0n) is 33.1. The molecule has 0 fully saturated rings. The molecule has 0 aliphatic rings. The van der Waals surface area contributed by atoms with Crippen molar-refractivity contribution in [2.24, 2.45) is 0 Å². The maximum Gasteiger partial charge on any atom is 0.338 e. The second-order valence-electron chi connectivity index (χ2n) is 13.5. The number of hydrogen-bond acceptors (Lipinski definition) is 8. The van der Waals surface area contributed by atoms with E-state index in [9.17, 15) is 23.6 Å². The SMILES string of the molecule is C=C(C)C(=O)OCCCc1ccc(-c2ccc(-c3ccc(OC(=O)C(=C)C)cc3)c(F)c2)cc1.C=C(C)C(=O)Oc1ccc(-c2ccc(OC(=O)C(=C)C)cc2)cc1. The van der Waals surface area contributed by atoms with Gasteiger partial charge in [-0.05, 0) is 116 Å². The highest BCUT2D eigenvalue weighted by molar-refractivity contribution is 5.90. The summed E-state index contributed by atoms with van der Waals surface area (Å²) < 4.78 is 35.5. The van der Waals surface area contributed by atoms with Gasteiger partial charge in [-0.15, -0.1) is 0 Å². The topological polar surface area (TPSA) is 105 Å². The van der Waals surface area contributed by atoms with Crippen LogP contribution < -0.4 is 14.2 Å². The molecule has 0 aromatic heterocycles. The molecule has 0 amide bonds. The Labute approximate surface area is 338 Å². The van der Waals surface area contributed by atoms with Crippen LogP contribution in [0.4, 0.5) is 4.39 Å². The Morgan fingerprint density at radius 3 is 1.19 bits per heavy atom. The fraction of sp³-hybridized carbons (Fsp3) is 0.143. The number of hydrogen-bond donors (Lipinski definition) is 0. The smallest absolute Gasteiger partial charge is 0.338 e. The van der Waals surface area contributed by atoms with Crippen molar-refractivity contribution < 1.29 is 42.5 Å². The summed E-state index contributed by atoms with van der Waals surface area (Å²) in [5.74, 6) is -0.825. The first-order chi connectivity index (χ1) is 27.6. The zero-order chi connectivity index (χ0) is 42.4. The first kappa shape index (κ1) is 43.6. The van der Waals surface area contributed by atoms with Crippen LogP contribution in [0.15, 0.2) is 164 Å². The van der Waals surface area contributed by atoms with Crippen LogP contribution in [0.1, 0.15) is 39.7 Å². The summed E-state index contributed by atoms with van der Waals surface area (Å²) in [5.41, 5.74) is 7.22. The number of halogens is 1. The van der Waals surface area contributed by atoms with Gasteiger partial charge in [0, 0.05) is 27.9 Å². The minimum absolute atomic E-state index is 0.308. The first-order valence-electron chi connectivity index (χ1n) is 18.3. The Morgan fingerprint density at radius 2 is 0.810 bits per heavy atom. The third kappa shape index (κ3) is 13.0. The van der Waals surface area contributed by atoms with Gasteiger partial charge in [0.25, 0.3) is 0 Å². The molecule has 0 bridgehead atoms. The molecule has 0 aliphatic heterocycles. The van der Waals surface area contributed by atoms with Crippen molar-refractivity contribution in [3.63, 3.8) is 0 Å². The number of benzene rings is 5. The van der Waals surface area contributed by atoms with E-state index in [1.807, 2.05) is 54.6 Å². The van der Waals surface area contributed by atoms with E-state index in [4.69, 9.17) is 18.9 Å². The molecule has 0 unspecified atom stereocenters. The maximum absolute atomic E-state index is 14.9. The third-order valence-electron chi connectivity index (χ3n) is 8.33. The number of carbonyl (C=O) groups excluding carboxylic acids is 4. The van der Waals surface area contributed by atoms with Crippen molar-refractivity contribution in [3.05, 3.63) is 175 Å². The number of carbonyl (C=O) groups is 4. The van der Waals surface area contributed by atoms with Crippen LogP contribution in [0, 0.1) is 5.82 Å². The van der Waals surface area contributed by atoms with Crippen LogP contribution >= 0.6 is 0 Å². The van der Waals surface area contributed by atoms with Crippen LogP contribution in [0.5, 0.6) is 17.2 Å². The summed E-state index contributed by atoms with van der Waals surface area (Å²) >= 11 is 0. The normalized spacial score (nSPS) is 10.2. The fourth-order valence-electron chi connectivity index (χ4n) is 5.07. The highest BCUT2D eigenvalue weighted by atomic mass is 19.1. The molecule has 0 saturated carbocycles. The lowest BCUT2D eigenvalue weighted by Gasteiger charge is -2.09. The Balaban J connectivity index is 0.000000273. The van der Waals surface area contributed by atoms with Gasteiger partial charge in [-0.1, -0.05) is 99.1 Å². The van der Waals surface area contributed by atoms with Gasteiger partial charge in [-0.25, -0.2) is 23.6 Å². The van der Waals surface area contributed by atoms with Crippen molar-refractivity contribution in [2.45, 2.75) is 40.5 Å². The summed E-state index contributed by atoms with van der Waals surface area (Å²) in [6.45, 7) is 20.9. The van der Waals surface area contributed by atoms with Crippen LogP contribution in [-0.4, -0.2) is 30.5 Å². The van der Waals surface area contributed by atoms with Crippen molar-refractivity contribution in [2.75, 3.05) is 6.61 Å². The van der Waals surface area contributed by atoms with Gasteiger partial charge in [0.15, 0.2) is 0 Å². The lowest BCUT2D eigenvalue weighted by atomic mass is 9.98. The van der Waals surface area contributed by atoms with Crippen molar-refractivity contribution in [1.29, 1.82) is 0 Å². The quantitative estimate of drug-likeness (QED) is 0.0475. The minimum atomic E-state index is -0.500. The predicted molar refractivity (Wildman–Crippen MR) is 225 cm³/mol. The Morgan fingerprint density at radius 1 is 0.466 bits per heavy atom. The van der Waals surface area contributed by atoms with E-state index in [2.05, 4.69) is 26.3 Å². The monoisotopic (exact) mass is 780 g/mol. The summed E-state index contributed by atoms with van der Waals surface area (Å²) in [4.78, 5) is 46.0. The molecule has 0 atom stereocenters. The molecule has 9 heteroatoms. The van der Waals surface area contributed by atoms with Gasteiger partial charge in [0.1, 0.15) is 23.1 Å². The average Bonchev–Trinajstić information content (AvgIpc) is 3.20. The molecular formula is C49H45FO8. The second-order valence-corrected chi connectivity index (χ2v) is 13.5. The highest BCUT2D eigenvalue weighted by Crippen LogP contribution is 2.30. The van der Waals surface area contributed by atoms with Gasteiger partial charge in [-0.3, -0.25) is 0 Å².